The summed E-state index contributed by atoms with van der Waals surface area (Å²) in [6.45, 7) is 1.05. The summed E-state index contributed by atoms with van der Waals surface area (Å²) in [6.07, 6.45) is 2.89. The molecular weight excluding hydrogens is 840 g/mol. The highest BCUT2D eigenvalue weighted by Gasteiger charge is 2.45. The van der Waals surface area contributed by atoms with Crippen molar-refractivity contribution in [1.82, 2.24) is 25.8 Å². The van der Waals surface area contributed by atoms with E-state index in [9.17, 15) is 38.4 Å². The Hall–Kier alpha value is -5.87. The molecular formula is C43H41BrN6O8S. The highest BCUT2D eigenvalue weighted by molar-refractivity contribution is 9.10. The molecule has 0 spiro atoms. The Labute approximate surface area is 352 Å². The van der Waals surface area contributed by atoms with Gasteiger partial charge in [-0.2, -0.15) is 0 Å². The Kier molecular flexibility index (Phi) is 12.9. The molecule has 0 saturated carbocycles. The van der Waals surface area contributed by atoms with E-state index < -0.39 is 41.5 Å². The van der Waals surface area contributed by atoms with E-state index in [-0.39, 0.29) is 61.7 Å². The van der Waals surface area contributed by atoms with Crippen molar-refractivity contribution in [3.05, 3.63) is 99.5 Å². The van der Waals surface area contributed by atoms with E-state index in [0.29, 0.717) is 61.0 Å². The summed E-state index contributed by atoms with van der Waals surface area (Å²) in [6, 6.07) is 20.9. The molecule has 16 heteroatoms. The van der Waals surface area contributed by atoms with Crippen LogP contribution >= 0.6 is 27.7 Å². The number of nitrogens with one attached hydrogen (secondary N) is 4. The Morgan fingerprint density at radius 1 is 0.712 bits per heavy atom. The van der Waals surface area contributed by atoms with E-state index in [2.05, 4.69) is 37.2 Å². The van der Waals surface area contributed by atoms with Gasteiger partial charge in [-0.15, -0.1) is 0 Å². The monoisotopic (exact) mass is 880 g/mol. The van der Waals surface area contributed by atoms with Crippen LogP contribution in [0.25, 0.3) is 10.8 Å². The van der Waals surface area contributed by atoms with Crippen molar-refractivity contribution in [3.8, 4) is 0 Å². The molecule has 1 fully saturated rings. The van der Waals surface area contributed by atoms with Crippen LogP contribution in [0.4, 0.5) is 5.69 Å². The lowest BCUT2D eigenvalue weighted by Crippen LogP contribution is -2.54. The second-order valence-electron chi connectivity index (χ2n) is 14.4. The van der Waals surface area contributed by atoms with E-state index in [4.69, 9.17) is 0 Å². The van der Waals surface area contributed by atoms with E-state index >= 15 is 0 Å². The molecule has 14 nitrogen and oxygen atoms in total. The average molecular weight is 882 g/mol. The lowest BCUT2D eigenvalue weighted by Gasteiger charge is -2.27. The van der Waals surface area contributed by atoms with Crippen molar-refractivity contribution in [3.63, 3.8) is 0 Å². The number of hydrogen-bond donors (Lipinski definition) is 4. The molecule has 4 N–H and O–H groups in total. The number of unbranched alkanes of at least 4 members (excludes halogenated alkanes) is 2. The lowest BCUT2D eigenvalue weighted by molar-refractivity contribution is -0.136. The largest absolute Gasteiger partial charge is 0.384 e. The first-order valence-electron chi connectivity index (χ1n) is 19.5. The van der Waals surface area contributed by atoms with Crippen LogP contribution in [0, 0.1) is 0 Å². The van der Waals surface area contributed by atoms with Crippen LogP contribution in [0.5, 0.6) is 0 Å². The molecule has 4 aromatic rings. The third-order valence-corrected chi connectivity index (χ3v) is 12.0. The number of piperidine rings is 1. The van der Waals surface area contributed by atoms with Crippen molar-refractivity contribution >= 4 is 91.4 Å². The first-order valence-corrected chi connectivity index (χ1v) is 21.1. The summed E-state index contributed by atoms with van der Waals surface area (Å²) >= 11 is 5.01. The van der Waals surface area contributed by atoms with Gasteiger partial charge in [0.1, 0.15) is 6.04 Å². The molecule has 1 unspecified atom stereocenters. The summed E-state index contributed by atoms with van der Waals surface area (Å²) in [4.78, 5) is 106. The average Bonchev–Trinajstić information content (AvgIpc) is 3.48. The van der Waals surface area contributed by atoms with Gasteiger partial charge >= 0.3 is 0 Å². The number of imide groups is 3. The number of fused-ring (bicyclic) bond motifs is 1. The highest BCUT2D eigenvalue weighted by Crippen LogP contribution is 2.39. The predicted molar refractivity (Wildman–Crippen MR) is 223 cm³/mol. The molecule has 8 amide bonds. The van der Waals surface area contributed by atoms with Crippen molar-refractivity contribution in [2.75, 3.05) is 31.5 Å². The van der Waals surface area contributed by atoms with Crippen molar-refractivity contribution in [2.45, 2.75) is 67.2 Å². The molecule has 4 aromatic carbocycles. The predicted octanol–water partition coefficient (Wildman–Crippen LogP) is 5.44. The lowest BCUT2D eigenvalue weighted by atomic mass is 9.94. The quantitative estimate of drug-likeness (QED) is 0.0786. The number of carbonyl (C=O) groups is 8. The van der Waals surface area contributed by atoms with E-state index in [1.54, 1.807) is 36.0 Å². The van der Waals surface area contributed by atoms with Gasteiger partial charge in [-0.05, 0) is 92.1 Å². The van der Waals surface area contributed by atoms with Gasteiger partial charge in [-0.25, -0.2) is 0 Å². The summed E-state index contributed by atoms with van der Waals surface area (Å²) in [5.74, 6) is -3.40. The molecule has 0 bridgehead atoms. The third-order valence-electron chi connectivity index (χ3n) is 10.4. The number of rotatable bonds is 17. The smallest absolute Gasteiger partial charge is 0.264 e. The normalized spacial score (nSPS) is 16.1. The number of benzene rings is 4. The highest BCUT2D eigenvalue weighted by atomic mass is 79.9. The van der Waals surface area contributed by atoms with E-state index in [1.165, 1.54) is 11.0 Å². The van der Waals surface area contributed by atoms with Crippen molar-refractivity contribution in [2.24, 2.45) is 0 Å². The molecule has 1 atom stereocenters. The van der Waals surface area contributed by atoms with Crippen LogP contribution in [0.15, 0.2) is 87.1 Å². The molecule has 59 heavy (non-hydrogen) atoms. The van der Waals surface area contributed by atoms with Gasteiger partial charge in [0.15, 0.2) is 0 Å². The van der Waals surface area contributed by atoms with Crippen LogP contribution in [0.2, 0.25) is 0 Å². The van der Waals surface area contributed by atoms with Crippen molar-refractivity contribution in [1.29, 1.82) is 0 Å². The fraction of sp³-hybridized carbons (Fsp3) is 0.302. The minimum Gasteiger partial charge on any atom is -0.384 e. The summed E-state index contributed by atoms with van der Waals surface area (Å²) in [5.41, 5.74) is 1.77. The van der Waals surface area contributed by atoms with Gasteiger partial charge in [0, 0.05) is 81.9 Å². The molecule has 1 saturated heterocycles. The molecule has 304 valence electrons. The molecule has 0 aliphatic carbocycles. The fourth-order valence-electron chi connectivity index (χ4n) is 7.46. The number of amides is 8. The SMILES string of the molecule is O=C(CCCCC(=O)NCCN1C(=O)c2cccc3c(Sc4ccc(Br)cc4)ccc(c23)C1=O)NCCCCNc1cccc2c1C(=O)N(C1CCC(=O)NC1=O)C2=O. The van der Waals surface area contributed by atoms with Gasteiger partial charge in [-0.3, -0.25) is 53.5 Å². The molecule has 0 aromatic heterocycles. The number of anilines is 1. The van der Waals surface area contributed by atoms with Crippen molar-refractivity contribution < 1.29 is 38.4 Å². The zero-order valence-electron chi connectivity index (χ0n) is 31.9. The molecule has 0 radical (unpaired) electrons. The second-order valence-corrected chi connectivity index (χ2v) is 16.4. The minimum atomic E-state index is -1.04. The number of halogens is 1. The minimum absolute atomic E-state index is 0.0288. The Bertz CT molecular complexity index is 2370. The molecule has 3 heterocycles. The maximum atomic E-state index is 13.5. The van der Waals surface area contributed by atoms with Crippen LogP contribution in [-0.2, 0) is 19.2 Å². The summed E-state index contributed by atoms with van der Waals surface area (Å²) < 4.78 is 0.976. The van der Waals surface area contributed by atoms with Gasteiger partial charge < -0.3 is 16.0 Å². The third kappa shape index (κ3) is 9.08. The van der Waals surface area contributed by atoms with Gasteiger partial charge in [0.25, 0.3) is 23.6 Å². The molecule has 7 rings (SSSR count). The first kappa shape index (κ1) is 41.3. The Morgan fingerprint density at radius 3 is 2.10 bits per heavy atom. The zero-order valence-corrected chi connectivity index (χ0v) is 34.3. The van der Waals surface area contributed by atoms with Crippen LogP contribution in [0.3, 0.4) is 0 Å². The van der Waals surface area contributed by atoms with Gasteiger partial charge in [0.2, 0.25) is 23.6 Å². The summed E-state index contributed by atoms with van der Waals surface area (Å²) in [5, 5.41) is 12.5. The topological polar surface area (TPSA) is 191 Å². The Balaban J connectivity index is 0.778. The number of nitrogens with zero attached hydrogens (tertiary/aromatic N) is 2. The second kappa shape index (κ2) is 18.4. The van der Waals surface area contributed by atoms with Gasteiger partial charge in [-0.1, -0.05) is 45.9 Å². The Morgan fingerprint density at radius 2 is 1.37 bits per heavy atom. The van der Waals surface area contributed by atoms with Gasteiger partial charge in [0.05, 0.1) is 11.1 Å². The molecule has 3 aliphatic rings. The standard InChI is InChI=1S/C43H41BrN6O8S/c44-25-13-15-26(16-14-25)59-33-19-17-30-37-27(33)7-5-8-28(37)40(55)49(41(30)56)24-23-47-35(52)12-2-1-11-34(51)46-22-4-3-21-45-31-10-6-9-29-38(31)43(58)50(42(29)57)32-18-20-36(53)48-39(32)54/h5-10,13-17,19,32,45H,1-4,11-12,18,20-24H2,(H,46,51)(H,47,52)(H,48,53,54). The number of hydrogen-bond acceptors (Lipinski definition) is 10. The van der Waals surface area contributed by atoms with Crippen LogP contribution in [-0.4, -0.2) is 89.3 Å². The van der Waals surface area contributed by atoms with Crippen LogP contribution < -0.4 is 21.3 Å². The fourth-order valence-corrected chi connectivity index (χ4v) is 8.67. The first-order chi connectivity index (χ1) is 28.5. The number of carbonyl (C=O) groups excluding carboxylic acids is 8. The molecule has 3 aliphatic heterocycles. The maximum Gasteiger partial charge on any atom is 0.264 e. The van der Waals surface area contributed by atoms with E-state index in [0.717, 1.165) is 24.5 Å². The van der Waals surface area contributed by atoms with E-state index in [1.807, 2.05) is 42.5 Å². The maximum absolute atomic E-state index is 13.5. The van der Waals surface area contributed by atoms with Crippen LogP contribution in [0.1, 0.15) is 92.8 Å². The summed E-state index contributed by atoms with van der Waals surface area (Å²) in [7, 11) is 0. The zero-order chi connectivity index (χ0) is 41.6.